The summed E-state index contributed by atoms with van der Waals surface area (Å²) in [5.74, 6) is 0.193. The Morgan fingerprint density at radius 2 is 2.12 bits per heavy atom. The van der Waals surface area contributed by atoms with E-state index in [9.17, 15) is 10.2 Å². The van der Waals surface area contributed by atoms with Gasteiger partial charge in [0.15, 0.2) is 0 Å². The van der Waals surface area contributed by atoms with E-state index in [0.29, 0.717) is 11.0 Å². The lowest BCUT2D eigenvalue weighted by Crippen LogP contribution is -2.40. The highest BCUT2D eigenvalue weighted by Gasteiger charge is 2.18. The van der Waals surface area contributed by atoms with Gasteiger partial charge in [0.05, 0.1) is 16.7 Å². The van der Waals surface area contributed by atoms with E-state index < -0.39 is 5.60 Å². The van der Waals surface area contributed by atoms with Gasteiger partial charge < -0.3 is 20.6 Å². The highest BCUT2D eigenvalue weighted by atomic mass is 79.9. The summed E-state index contributed by atoms with van der Waals surface area (Å²) < 4.78 is 0.640. The van der Waals surface area contributed by atoms with E-state index in [1.807, 2.05) is 6.07 Å². The van der Waals surface area contributed by atoms with Gasteiger partial charge in [0, 0.05) is 18.7 Å². The Labute approximate surface area is 103 Å². The van der Waals surface area contributed by atoms with E-state index in [2.05, 4.69) is 21.2 Å². The zero-order valence-corrected chi connectivity index (χ0v) is 10.7. The number of aliphatic hydroxyl groups excluding tert-OH is 1. The van der Waals surface area contributed by atoms with Gasteiger partial charge in [-0.05, 0) is 28.9 Å². The van der Waals surface area contributed by atoms with E-state index in [-0.39, 0.29) is 18.9 Å². The zero-order valence-electron chi connectivity index (χ0n) is 9.07. The van der Waals surface area contributed by atoms with Crippen LogP contribution in [0.1, 0.15) is 12.5 Å². The van der Waals surface area contributed by atoms with Crippen molar-refractivity contribution in [1.82, 2.24) is 5.32 Å². The molecule has 16 heavy (non-hydrogen) atoms. The number of para-hydroxylation sites is 1. The molecule has 0 radical (unpaired) electrons. The summed E-state index contributed by atoms with van der Waals surface area (Å²) in [5, 5.41) is 31.0. The van der Waals surface area contributed by atoms with Gasteiger partial charge in [-0.15, -0.1) is 0 Å². The van der Waals surface area contributed by atoms with E-state index >= 15 is 0 Å². The van der Waals surface area contributed by atoms with Crippen LogP contribution in [0.2, 0.25) is 0 Å². The van der Waals surface area contributed by atoms with Crippen molar-refractivity contribution in [2.45, 2.75) is 19.1 Å². The minimum absolute atomic E-state index is 0.193. The van der Waals surface area contributed by atoms with Crippen LogP contribution in [0.4, 0.5) is 0 Å². The maximum absolute atomic E-state index is 9.69. The smallest absolute Gasteiger partial charge is 0.134 e. The molecule has 4 N–H and O–H groups in total. The van der Waals surface area contributed by atoms with Crippen LogP contribution in [-0.2, 0) is 6.54 Å². The Morgan fingerprint density at radius 3 is 2.75 bits per heavy atom. The van der Waals surface area contributed by atoms with Crippen LogP contribution in [0.5, 0.6) is 5.75 Å². The van der Waals surface area contributed by atoms with Gasteiger partial charge in [-0.2, -0.15) is 0 Å². The van der Waals surface area contributed by atoms with Gasteiger partial charge in [0.1, 0.15) is 5.75 Å². The second kappa shape index (κ2) is 5.63. The van der Waals surface area contributed by atoms with Crippen molar-refractivity contribution in [3.63, 3.8) is 0 Å². The summed E-state index contributed by atoms with van der Waals surface area (Å²) in [7, 11) is 0. The van der Waals surface area contributed by atoms with E-state index in [0.717, 1.165) is 5.56 Å². The number of nitrogens with one attached hydrogen (secondary N) is 1. The lowest BCUT2D eigenvalue weighted by Gasteiger charge is -2.20. The van der Waals surface area contributed by atoms with Crippen molar-refractivity contribution in [1.29, 1.82) is 0 Å². The first-order chi connectivity index (χ1) is 7.46. The number of aromatic hydroxyl groups is 1. The molecule has 4 nitrogen and oxygen atoms in total. The van der Waals surface area contributed by atoms with Crippen molar-refractivity contribution in [3.8, 4) is 5.75 Å². The maximum Gasteiger partial charge on any atom is 0.134 e. The Morgan fingerprint density at radius 1 is 1.44 bits per heavy atom. The van der Waals surface area contributed by atoms with Crippen LogP contribution in [-0.4, -0.2) is 34.1 Å². The van der Waals surface area contributed by atoms with Crippen LogP contribution >= 0.6 is 15.9 Å². The number of rotatable bonds is 5. The highest BCUT2D eigenvalue weighted by molar-refractivity contribution is 9.10. The van der Waals surface area contributed by atoms with E-state index in [4.69, 9.17) is 5.11 Å². The molecule has 0 aliphatic rings. The summed E-state index contributed by atoms with van der Waals surface area (Å²) in [6.45, 7) is 1.93. The average molecular weight is 290 g/mol. The largest absolute Gasteiger partial charge is 0.506 e. The van der Waals surface area contributed by atoms with Gasteiger partial charge >= 0.3 is 0 Å². The van der Waals surface area contributed by atoms with Crippen LogP contribution < -0.4 is 5.32 Å². The lowest BCUT2D eigenvalue weighted by molar-refractivity contribution is 0.00250. The predicted molar refractivity (Wildman–Crippen MR) is 65.2 cm³/mol. The number of hydrogen-bond acceptors (Lipinski definition) is 4. The minimum atomic E-state index is -1.14. The normalized spacial score (nSPS) is 14.8. The molecule has 0 amide bonds. The number of aliphatic hydroxyl groups is 2. The Bertz CT molecular complexity index is 355. The molecular weight excluding hydrogens is 274 g/mol. The van der Waals surface area contributed by atoms with Crippen molar-refractivity contribution < 1.29 is 15.3 Å². The third kappa shape index (κ3) is 3.75. The second-order valence-electron chi connectivity index (χ2n) is 4.01. The van der Waals surface area contributed by atoms with Gasteiger partial charge in [0.25, 0.3) is 0 Å². The summed E-state index contributed by atoms with van der Waals surface area (Å²) in [6, 6.07) is 5.37. The molecule has 1 aromatic carbocycles. The van der Waals surface area contributed by atoms with Gasteiger partial charge in [-0.25, -0.2) is 0 Å². The molecular formula is C11H16BrNO3. The molecule has 0 aliphatic heterocycles. The quantitative estimate of drug-likeness (QED) is 0.652. The van der Waals surface area contributed by atoms with Crippen molar-refractivity contribution in [2.24, 2.45) is 0 Å². The molecule has 5 heteroatoms. The molecule has 1 rings (SSSR count). The van der Waals surface area contributed by atoms with Crippen molar-refractivity contribution >= 4 is 15.9 Å². The minimum Gasteiger partial charge on any atom is -0.506 e. The number of benzene rings is 1. The Balaban J connectivity index is 2.53. The summed E-state index contributed by atoms with van der Waals surface area (Å²) in [4.78, 5) is 0. The second-order valence-corrected chi connectivity index (χ2v) is 4.86. The van der Waals surface area contributed by atoms with Crippen LogP contribution in [0, 0.1) is 0 Å². The fourth-order valence-electron chi connectivity index (χ4n) is 1.23. The standard InChI is InChI=1S/C11H16BrNO3/c1-11(16,7-14)6-13-5-8-3-2-4-9(12)10(8)15/h2-4,13-16H,5-7H2,1H3. The summed E-state index contributed by atoms with van der Waals surface area (Å²) >= 11 is 3.22. The monoisotopic (exact) mass is 289 g/mol. The SMILES string of the molecule is CC(O)(CO)CNCc1cccc(Br)c1O. The molecule has 0 saturated heterocycles. The first-order valence-corrected chi connectivity index (χ1v) is 5.76. The van der Waals surface area contributed by atoms with E-state index in [1.165, 1.54) is 0 Å². The number of halogens is 1. The number of hydrogen-bond donors (Lipinski definition) is 4. The molecule has 0 saturated carbocycles. The first-order valence-electron chi connectivity index (χ1n) is 4.96. The molecule has 0 spiro atoms. The van der Waals surface area contributed by atoms with Gasteiger partial charge in [0.2, 0.25) is 0 Å². The topological polar surface area (TPSA) is 72.7 Å². The molecule has 1 atom stereocenters. The maximum atomic E-state index is 9.69. The third-order valence-corrected chi connectivity index (χ3v) is 2.87. The van der Waals surface area contributed by atoms with Crippen molar-refractivity contribution in [3.05, 3.63) is 28.2 Å². The predicted octanol–water partition coefficient (Wildman–Crippen LogP) is 0.988. The third-order valence-electron chi connectivity index (χ3n) is 2.23. The van der Waals surface area contributed by atoms with E-state index in [1.54, 1.807) is 19.1 Å². The highest BCUT2D eigenvalue weighted by Crippen LogP contribution is 2.27. The van der Waals surface area contributed by atoms with Crippen LogP contribution in [0.15, 0.2) is 22.7 Å². The molecule has 90 valence electrons. The molecule has 0 heterocycles. The fourth-order valence-corrected chi connectivity index (χ4v) is 1.63. The summed E-state index contributed by atoms with van der Waals surface area (Å²) in [5.41, 5.74) is -0.398. The number of phenolic OH excluding ortho intramolecular Hbond substituents is 1. The Kier molecular flexibility index (Phi) is 4.73. The molecule has 1 aromatic rings. The average Bonchev–Trinajstić information content (AvgIpc) is 2.24. The molecule has 0 fully saturated rings. The van der Waals surface area contributed by atoms with Gasteiger partial charge in [-0.3, -0.25) is 0 Å². The van der Waals surface area contributed by atoms with Gasteiger partial charge in [-0.1, -0.05) is 12.1 Å². The fraction of sp³-hybridized carbons (Fsp3) is 0.455. The van der Waals surface area contributed by atoms with Crippen molar-refractivity contribution in [2.75, 3.05) is 13.2 Å². The Hall–Kier alpha value is -0.620. The van der Waals surface area contributed by atoms with Crippen LogP contribution in [0.25, 0.3) is 0 Å². The lowest BCUT2D eigenvalue weighted by atomic mass is 10.1. The zero-order chi connectivity index (χ0) is 12.2. The number of phenols is 1. The molecule has 1 unspecified atom stereocenters. The molecule has 0 bridgehead atoms. The van der Waals surface area contributed by atoms with Crippen LogP contribution in [0.3, 0.4) is 0 Å². The molecule has 0 aromatic heterocycles. The first kappa shape index (κ1) is 13.4. The molecule has 0 aliphatic carbocycles. The summed E-state index contributed by atoms with van der Waals surface area (Å²) in [6.07, 6.45) is 0.